The van der Waals surface area contributed by atoms with Crippen molar-refractivity contribution in [2.24, 2.45) is 0 Å². The Morgan fingerprint density at radius 1 is 1.43 bits per heavy atom. The molecule has 0 bridgehead atoms. The van der Waals surface area contributed by atoms with E-state index in [4.69, 9.17) is 9.47 Å². The molecule has 0 spiro atoms. The minimum absolute atomic E-state index is 0.0944. The second-order valence-electron chi connectivity index (χ2n) is 6.45. The molecule has 11 nitrogen and oxygen atoms in total. The van der Waals surface area contributed by atoms with E-state index in [-0.39, 0.29) is 29.8 Å². The zero-order valence-electron chi connectivity index (χ0n) is 14.9. The van der Waals surface area contributed by atoms with Crippen LogP contribution in [0.3, 0.4) is 0 Å². The standard InChI is InChI=1S/C17H19N3O8/c1-10-7-19(16(24)18-15(10)23)14-6-13(22)17(9-21,28-14)27-8-11-4-2-3-5-12(11)20(25)26/h2-5,7,13-14,21-22H,6,8-9H2,1H3,(H,18,23,24)/t13?,14-,17-/m1/s1. The van der Waals surface area contributed by atoms with E-state index in [1.165, 1.54) is 31.3 Å². The molecule has 1 aliphatic rings. The van der Waals surface area contributed by atoms with Crippen LogP contribution in [0, 0.1) is 17.0 Å². The number of aromatic amines is 1. The van der Waals surface area contributed by atoms with Crippen LogP contribution in [0.25, 0.3) is 0 Å². The first kappa shape index (κ1) is 19.9. The molecule has 28 heavy (non-hydrogen) atoms. The normalized spacial score (nSPS) is 24.4. The van der Waals surface area contributed by atoms with E-state index in [0.717, 1.165) is 4.57 Å². The number of H-pyrrole nitrogens is 1. The molecule has 3 rings (SSSR count). The molecule has 0 saturated carbocycles. The van der Waals surface area contributed by atoms with E-state index in [0.29, 0.717) is 0 Å². The fourth-order valence-corrected chi connectivity index (χ4v) is 3.03. The summed E-state index contributed by atoms with van der Waals surface area (Å²) in [6, 6.07) is 5.89. The molecule has 11 heteroatoms. The van der Waals surface area contributed by atoms with Crippen LogP contribution < -0.4 is 11.2 Å². The molecule has 2 heterocycles. The second-order valence-corrected chi connectivity index (χ2v) is 6.45. The number of nitro benzene ring substituents is 1. The van der Waals surface area contributed by atoms with Gasteiger partial charge in [0.25, 0.3) is 11.2 Å². The van der Waals surface area contributed by atoms with Crippen LogP contribution in [0.1, 0.15) is 23.8 Å². The average molecular weight is 393 g/mol. The maximum atomic E-state index is 12.1. The second kappa shape index (κ2) is 7.64. The van der Waals surface area contributed by atoms with E-state index in [1.807, 2.05) is 0 Å². The third-order valence-electron chi connectivity index (χ3n) is 4.60. The lowest BCUT2D eigenvalue weighted by Crippen LogP contribution is -2.46. The molecule has 1 aromatic heterocycles. The molecule has 1 saturated heterocycles. The Labute approximate surface area is 157 Å². The topological polar surface area (TPSA) is 157 Å². The predicted molar refractivity (Wildman–Crippen MR) is 94.5 cm³/mol. The Morgan fingerprint density at radius 2 is 2.14 bits per heavy atom. The molecule has 0 aliphatic carbocycles. The number of hydrogen-bond acceptors (Lipinski definition) is 8. The molecule has 150 valence electrons. The molecular weight excluding hydrogens is 374 g/mol. The molecular formula is C17H19N3O8. The first-order valence-corrected chi connectivity index (χ1v) is 8.42. The lowest BCUT2D eigenvalue weighted by molar-refractivity contribution is -0.386. The summed E-state index contributed by atoms with van der Waals surface area (Å²) >= 11 is 0. The number of nitro groups is 1. The maximum absolute atomic E-state index is 12.1. The summed E-state index contributed by atoms with van der Waals surface area (Å²) in [5, 5.41) is 31.3. The largest absolute Gasteiger partial charge is 0.391 e. The van der Waals surface area contributed by atoms with Crippen molar-refractivity contribution in [2.75, 3.05) is 6.61 Å². The monoisotopic (exact) mass is 393 g/mol. The van der Waals surface area contributed by atoms with Gasteiger partial charge >= 0.3 is 5.69 Å². The third kappa shape index (κ3) is 3.60. The van der Waals surface area contributed by atoms with Crippen molar-refractivity contribution in [3.05, 3.63) is 72.5 Å². The number of nitrogens with zero attached hydrogens (tertiary/aromatic N) is 2. The summed E-state index contributed by atoms with van der Waals surface area (Å²) < 4.78 is 12.3. The van der Waals surface area contributed by atoms with Gasteiger partial charge in [-0.05, 0) is 13.0 Å². The van der Waals surface area contributed by atoms with Crippen molar-refractivity contribution in [1.29, 1.82) is 0 Å². The highest BCUT2D eigenvalue weighted by atomic mass is 16.7. The van der Waals surface area contributed by atoms with Gasteiger partial charge in [-0.1, -0.05) is 12.1 Å². The number of nitrogens with one attached hydrogen (secondary N) is 1. The first-order valence-electron chi connectivity index (χ1n) is 8.42. The Balaban J connectivity index is 1.84. The molecule has 3 atom stereocenters. The van der Waals surface area contributed by atoms with Crippen molar-refractivity contribution < 1.29 is 24.6 Å². The summed E-state index contributed by atoms with van der Waals surface area (Å²) in [6.07, 6.45) is -1.13. The van der Waals surface area contributed by atoms with Gasteiger partial charge < -0.3 is 19.7 Å². The van der Waals surface area contributed by atoms with Crippen LogP contribution in [-0.2, 0) is 16.1 Å². The van der Waals surface area contributed by atoms with Crippen molar-refractivity contribution in [2.45, 2.75) is 38.1 Å². The number of aliphatic hydroxyl groups is 2. The van der Waals surface area contributed by atoms with Gasteiger partial charge in [0.2, 0.25) is 5.79 Å². The fourth-order valence-electron chi connectivity index (χ4n) is 3.03. The third-order valence-corrected chi connectivity index (χ3v) is 4.60. The highest BCUT2D eigenvalue weighted by Gasteiger charge is 2.50. The van der Waals surface area contributed by atoms with E-state index < -0.39 is 40.9 Å². The van der Waals surface area contributed by atoms with E-state index in [2.05, 4.69) is 4.98 Å². The molecule has 0 radical (unpaired) electrons. The highest BCUT2D eigenvalue weighted by molar-refractivity contribution is 5.39. The quantitative estimate of drug-likeness (QED) is 0.455. The number of para-hydroxylation sites is 1. The number of aliphatic hydroxyl groups excluding tert-OH is 2. The fraction of sp³-hybridized carbons (Fsp3) is 0.412. The van der Waals surface area contributed by atoms with Gasteiger partial charge in [0.15, 0.2) is 0 Å². The summed E-state index contributed by atoms with van der Waals surface area (Å²) in [6.45, 7) is 0.452. The van der Waals surface area contributed by atoms with Crippen LogP contribution in [0.2, 0.25) is 0 Å². The summed E-state index contributed by atoms with van der Waals surface area (Å²) in [7, 11) is 0. The van der Waals surface area contributed by atoms with Crippen molar-refractivity contribution in [3.8, 4) is 0 Å². The zero-order valence-corrected chi connectivity index (χ0v) is 14.9. The first-order chi connectivity index (χ1) is 13.3. The lowest BCUT2D eigenvalue weighted by Gasteiger charge is -2.30. The zero-order chi connectivity index (χ0) is 20.5. The summed E-state index contributed by atoms with van der Waals surface area (Å²) in [5.74, 6) is -1.88. The molecule has 1 unspecified atom stereocenters. The van der Waals surface area contributed by atoms with Gasteiger partial charge in [-0.25, -0.2) is 4.79 Å². The van der Waals surface area contributed by atoms with Crippen molar-refractivity contribution in [1.82, 2.24) is 9.55 Å². The van der Waals surface area contributed by atoms with E-state index in [9.17, 15) is 29.9 Å². The van der Waals surface area contributed by atoms with Crippen LogP contribution in [-0.4, -0.2) is 43.2 Å². The van der Waals surface area contributed by atoms with Crippen LogP contribution >= 0.6 is 0 Å². The van der Waals surface area contributed by atoms with Gasteiger partial charge in [-0.2, -0.15) is 0 Å². The molecule has 3 N–H and O–H groups in total. The Morgan fingerprint density at radius 3 is 2.82 bits per heavy atom. The Kier molecular flexibility index (Phi) is 5.42. The van der Waals surface area contributed by atoms with Gasteiger partial charge in [0.1, 0.15) is 12.3 Å². The molecule has 0 amide bonds. The molecule has 1 aromatic carbocycles. The maximum Gasteiger partial charge on any atom is 0.330 e. The van der Waals surface area contributed by atoms with Crippen molar-refractivity contribution in [3.63, 3.8) is 0 Å². The van der Waals surface area contributed by atoms with Gasteiger partial charge in [0, 0.05) is 24.2 Å². The average Bonchev–Trinajstić information content (AvgIpc) is 3.00. The van der Waals surface area contributed by atoms with E-state index in [1.54, 1.807) is 6.07 Å². The minimum Gasteiger partial charge on any atom is -0.391 e. The number of rotatable bonds is 6. The SMILES string of the molecule is Cc1cn([C@H]2CC(O)[C@](CO)(OCc3ccccc3[N+](=O)[O-])O2)c(=O)[nH]c1=O. The van der Waals surface area contributed by atoms with Crippen molar-refractivity contribution >= 4 is 5.69 Å². The number of hydrogen-bond donors (Lipinski definition) is 3. The number of benzene rings is 1. The van der Waals surface area contributed by atoms with Gasteiger partial charge in [-0.15, -0.1) is 0 Å². The lowest BCUT2D eigenvalue weighted by atomic mass is 10.1. The van der Waals surface area contributed by atoms with Gasteiger partial charge in [0.05, 0.1) is 23.7 Å². The smallest absolute Gasteiger partial charge is 0.330 e. The number of ether oxygens (including phenoxy) is 2. The van der Waals surface area contributed by atoms with Crippen LogP contribution in [0.15, 0.2) is 40.1 Å². The highest BCUT2D eigenvalue weighted by Crippen LogP contribution is 2.38. The number of aryl methyl sites for hydroxylation is 1. The summed E-state index contributed by atoms with van der Waals surface area (Å²) in [4.78, 5) is 36.3. The summed E-state index contributed by atoms with van der Waals surface area (Å²) in [5.41, 5.74) is -0.954. The van der Waals surface area contributed by atoms with Crippen LogP contribution in [0.5, 0.6) is 0 Å². The Bertz CT molecular complexity index is 1000. The Hall–Kier alpha value is -2.86. The van der Waals surface area contributed by atoms with E-state index >= 15 is 0 Å². The molecule has 2 aromatic rings. The number of aromatic nitrogens is 2. The molecule has 1 fully saturated rings. The predicted octanol–water partition coefficient (Wildman–Crippen LogP) is -0.0616. The van der Waals surface area contributed by atoms with Gasteiger partial charge in [-0.3, -0.25) is 24.5 Å². The molecule has 1 aliphatic heterocycles. The van der Waals surface area contributed by atoms with Crippen LogP contribution in [0.4, 0.5) is 5.69 Å². The minimum atomic E-state index is -1.88.